The maximum absolute atomic E-state index is 11.5. The highest BCUT2D eigenvalue weighted by Gasteiger charge is 2.15. The first kappa shape index (κ1) is 17.2. The van der Waals surface area contributed by atoms with Gasteiger partial charge >= 0.3 is 0 Å². The summed E-state index contributed by atoms with van der Waals surface area (Å²) in [5, 5.41) is 10.1. The number of nitrogens with one attached hydrogen (secondary N) is 1. The number of para-hydroxylation sites is 1. The van der Waals surface area contributed by atoms with E-state index in [1.807, 2.05) is 12.1 Å². The summed E-state index contributed by atoms with van der Waals surface area (Å²) < 4.78 is 2.40. The number of fused-ring (bicyclic) bond motifs is 1. The Morgan fingerprint density at radius 1 is 1.08 bits per heavy atom. The van der Waals surface area contributed by atoms with Crippen LogP contribution in [-0.2, 0) is 19.4 Å². The van der Waals surface area contributed by atoms with E-state index >= 15 is 0 Å². The molecule has 130 valence electrons. The van der Waals surface area contributed by atoms with Gasteiger partial charge in [0.2, 0.25) is 0 Å². The zero-order chi connectivity index (χ0) is 17.8. The number of amides is 1. The van der Waals surface area contributed by atoms with E-state index in [0.29, 0.717) is 5.56 Å². The summed E-state index contributed by atoms with van der Waals surface area (Å²) in [7, 11) is 0. The summed E-state index contributed by atoms with van der Waals surface area (Å²) in [6, 6.07) is 16.0. The summed E-state index contributed by atoms with van der Waals surface area (Å²) in [6.07, 6.45) is 3.19. The van der Waals surface area contributed by atoms with Crippen LogP contribution in [0.5, 0.6) is 0 Å². The van der Waals surface area contributed by atoms with Crippen LogP contribution in [0.15, 0.2) is 48.5 Å². The van der Waals surface area contributed by atoms with Crippen molar-refractivity contribution in [2.24, 2.45) is 0 Å². The molecule has 2 aromatic carbocycles. The van der Waals surface area contributed by atoms with Crippen molar-refractivity contribution < 1.29 is 10.0 Å². The SMILES string of the molecule is CCCc1c(CC)c2ccccc2n1Cc1ccc(C(=O)NO)cc1. The first-order chi connectivity index (χ1) is 12.2. The Kier molecular flexibility index (Phi) is 5.19. The van der Waals surface area contributed by atoms with E-state index in [2.05, 4.69) is 42.7 Å². The normalized spacial score (nSPS) is 11.0. The number of hydrogen-bond donors (Lipinski definition) is 2. The molecule has 0 bridgehead atoms. The molecule has 0 saturated carbocycles. The molecular formula is C21H24N2O2. The third-order valence-electron chi connectivity index (χ3n) is 4.69. The molecule has 0 radical (unpaired) electrons. The van der Waals surface area contributed by atoms with E-state index in [0.717, 1.165) is 31.4 Å². The molecule has 1 aromatic heterocycles. The molecule has 0 unspecified atom stereocenters. The van der Waals surface area contributed by atoms with Crippen LogP contribution in [0.4, 0.5) is 0 Å². The number of hydroxylamine groups is 1. The van der Waals surface area contributed by atoms with Crippen molar-refractivity contribution in [3.8, 4) is 0 Å². The van der Waals surface area contributed by atoms with Crippen molar-refractivity contribution in [3.05, 3.63) is 70.9 Å². The van der Waals surface area contributed by atoms with Crippen LogP contribution >= 0.6 is 0 Å². The molecule has 4 nitrogen and oxygen atoms in total. The summed E-state index contributed by atoms with van der Waals surface area (Å²) in [5.41, 5.74) is 7.36. The lowest BCUT2D eigenvalue weighted by atomic mass is 10.1. The van der Waals surface area contributed by atoms with E-state index < -0.39 is 5.91 Å². The van der Waals surface area contributed by atoms with Gasteiger partial charge in [-0.25, -0.2) is 5.48 Å². The zero-order valence-electron chi connectivity index (χ0n) is 14.7. The Labute approximate surface area is 148 Å². The van der Waals surface area contributed by atoms with Gasteiger partial charge in [-0.2, -0.15) is 0 Å². The fourth-order valence-electron chi connectivity index (χ4n) is 3.53. The van der Waals surface area contributed by atoms with E-state index in [4.69, 9.17) is 5.21 Å². The largest absolute Gasteiger partial charge is 0.340 e. The number of benzene rings is 2. The number of carbonyl (C=O) groups is 1. The molecule has 0 aliphatic carbocycles. The highest BCUT2D eigenvalue weighted by Crippen LogP contribution is 2.28. The van der Waals surface area contributed by atoms with E-state index in [-0.39, 0.29) is 0 Å². The van der Waals surface area contributed by atoms with Crippen LogP contribution in [0, 0.1) is 0 Å². The number of nitrogens with zero attached hydrogens (tertiary/aromatic N) is 1. The second-order valence-electron chi connectivity index (χ2n) is 6.27. The Hall–Kier alpha value is -2.59. The highest BCUT2D eigenvalue weighted by atomic mass is 16.5. The van der Waals surface area contributed by atoms with Crippen molar-refractivity contribution in [1.82, 2.24) is 10.0 Å². The number of aromatic nitrogens is 1. The van der Waals surface area contributed by atoms with E-state index in [9.17, 15) is 4.79 Å². The Morgan fingerprint density at radius 2 is 1.80 bits per heavy atom. The van der Waals surface area contributed by atoms with E-state index in [1.54, 1.807) is 17.6 Å². The average Bonchev–Trinajstić information content (AvgIpc) is 2.95. The fraction of sp³-hybridized carbons (Fsp3) is 0.286. The second kappa shape index (κ2) is 7.53. The Bertz CT molecular complexity index is 879. The average molecular weight is 336 g/mol. The monoisotopic (exact) mass is 336 g/mol. The maximum atomic E-state index is 11.5. The quantitative estimate of drug-likeness (QED) is 0.520. The topological polar surface area (TPSA) is 54.3 Å². The molecule has 0 aliphatic heterocycles. The van der Waals surface area contributed by atoms with Gasteiger partial charge in [-0.05, 0) is 42.2 Å². The van der Waals surface area contributed by atoms with Gasteiger partial charge in [-0.1, -0.05) is 50.6 Å². The van der Waals surface area contributed by atoms with Crippen molar-refractivity contribution in [2.75, 3.05) is 0 Å². The molecule has 0 atom stereocenters. The molecule has 4 heteroatoms. The third kappa shape index (κ3) is 3.30. The number of hydrogen-bond acceptors (Lipinski definition) is 2. The fourth-order valence-corrected chi connectivity index (χ4v) is 3.53. The predicted molar refractivity (Wildman–Crippen MR) is 100 cm³/mol. The van der Waals surface area contributed by atoms with Gasteiger partial charge in [-0.3, -0.25) is 10.0 Å². The van der Waals surface area contributed by atoms with Crippen LogP contribution < -0.4 is 5.48 Å². The van der Waals surface area contributed by atoms with Crippen molar-refractivity contribution in [1.29, 1.82) is 0 Å². The molecule has 0 aliphatic rings. The molecule has 1 heterocycles. The smallest absolute Gasteiger partial charge is 0.274 e. The molecule has 25 heavy (non-hydrogen) atoms. The highest BCUT2D eigenvalue weighted by molar-refractivity contribution is 5.93. The maximum Gasteiger partial charge on any atom is 0.274 e. The minimum absolute atomic E-state index is 0.451. The summed E-state index contributed by atoms with van der Waals surface area (Å²) >= 11 is 0. The van der Waals surface area contributed by atoms with Crippen molar-refractivity contribution in [2.45, 2.75) is 39.7 Å². The second-order valence-corrected chi connectivity index (χ2v) is 6.27. The molecule has 1 amide bonds. The number of aryl methyl sites for hydroxylation is 1. The van der Waals surface area contributed by atoms with Crippen molar-refractivity contribution >= 4 is 16.8 Å². The molecule has 0 fully saturated rings. The van der Waals surface area contributed by atoms with Crippen LogP contribution in [0.2, 0.25) is 0 Å². The minimum Gasteiger partial charge on any atom is -0.340 e. The molecule has 2 N–H and O–H groups in total. The van der Waals surface area contributed by atoms with Crippen LogP contribution in [0.3, 0.4) is 0 Å². The number of carbonyl (C=O) groups excluding carboxylic acids is 1. The predicted octanol–water partition coefficient (Wildman–Crippen LogP) is 4.32. The van der Waals surface area contributed by atoms with Gasteiger partial charge in [0.1, 0.15) is 0 Å². The molecule has 3 aromatic rings. The van der Waals surface area contributed by atoms with E-state index in [1.165, 1.54) is 22.2 Å². The third-order valence-corrected chi connectivity index (χ3v) is 4.69. The lowest BCUT2D eigenvalue weighted by Gasteiger charge is -2.12. The zero-order valence-corrected chi connectivity index (χ0v) is 14.7. The van der Waals surface area contributed by atoms with Gasteiger partial charge in [-0.15, -0.1) is 0 Å². The summed E-state index contributed by atoms with van der Waals surface area (Å²) in [4.78, 5) is 11.5. The van der Waals surface area contributed by atoms with Gasteiger partial charge in [0.05, 0.1) is 0 Å². The first-order valence-electron chi connectivity index (χ1n) is 8.81. The number of rotatable bonds is 6. The first-order valence-corrected chi connectivity index (χ1v) is 8.81. The minimum atomic E-state index is -0.488. The molecule has 0 saturated heterocycles. The molecule has 0 spiro atoms. The van der Waals surface area contributed by atoms with Crippen LogP contribution in [0.1, 0.15) is 47.4 Å². The van der Waals surface area contributed by atoms with Gasteiger partial charge < -0.3 is 4.57 Å². The molecular weight excluding hydrogens is 312 g/mol. The van der Waals surface area contributed by atoms with Crippen LogP contribution in [-0.4, -0.2) is 15.7 Å². The summed E-state index contributed by atoms with van der Waals surface area (Å²) in [5.74, 6) is -0.488. The standard InChI is InChI=1S/C21H24N2O2/c1-3-7-19-17(4-2)18-8-5-6-9-20(18)23(19)14-15-10-12-16(13-11-15)21(24)22-25/h5-6,8-13,25H,3-4,7,14H2,1-2H3,(H,22,24). The lowest BCUT2D eigenvalue weighted by molar-refractivity contribution is 0.0706. The van der Waals surface area contributed by atoms with Crippen LogP contribution in [0.25, 0.3) is 10.9 Å². The Morgan fingerprint density at radius 3 is 2.44 bits per heavy atom. The lowest BCUT2D eigenvalue weighted by Crippen LogP contribution is -2.18. The van der Waals surface area contributed by atoms with Crippen molar-refractivity contribution in [3.63, 3.8) is 0 Å². The van der Waals surface area contributed by atoms with Gasteiger partial charge in [0.15, 0.2) is 0 Å². The van der Waals surface area contributed by atoms with Gasteiger partial charge in [0.25, 0.3) is 5.91 Å². The summed E-state index contributed by atoms with van der Waals surface area (Å²) in [6.45, 7) is 5.20. The van der Waals surface area contributed by atoms with Gasteiger partial charge in [0, 0.05) is 28.7 Å². The molecule has 3 rings (SSSR count). The Balaban J connectivity index is 2.03.